The van der Waals surface area contributed by atoms with Crippen molar-refractivity contribution in [3.8, 4) is 5.75 Å². The molecule has 0 radical (unpaired) electrons. The van der Waals surface area contributed by atoms with Gasteiger partial charge in [-0.3, -0.25) is 4.79 Å². The van der Waals surface area contributed by atoms with Crippen LogP contribution in [0.2, 0.25) is 0 Å². The third-order valence-electron chi connectivity index (χ3n) is 6.38. The van der Waals surface area contributed by atoms with E-state index >= 15 is 0 Å². The first-order chi connectivity index (χ1) is 16.2. The lowest BCUT2D eigenvalue weighted by Gasteiger charge is -2.35. The topological polar surface area (TPSA) is 61.8 Å². The van der Waals surface area contributed by atoms with Gasteiger partial charge in [0.1, 0.15) is 11.6 Å². The Labute approximate surface area is 194 Å². The van der Waals surface area contributed by atoms with Gasteiger partial charge < -0.3 is 19.4 Å². The largest absolute Gasteiger partial charge is 0.493 e. The fourth-order valence-corrected chi connectivity index (χ4v) is 4.38. The molecule has 7 nitrogen and oxygen atoms in total. The number of benzene rings is 2. The van der Waals surface area contributed by atoms with E-state index in [0.29, 0.717) is 19.7 Å². The molecule has 0 unspecified atom stereocenters. The monoisotopic (exact) mass is 443 g/mol. The number of rotatable bonds is 6. The van der Waals surface area contributed by atoms with Gasteiger partial charge in [0.2, 0.25) is 5.95 Å². The van der Waals surface area contributed by atoms with Gasteiger partial charge in [0.25, 0.3) is 5.91 Å². The van der Waals surface area contributed by atoms with Gasteiger partial charge in [0.05, 0.1) is 6.61 Å². The Kier molecular flexibility index (Phi) is 6.11. The Morgan fingerprint density at radius 1 is 1.06 bits per heavy atom. The summed E-state index contributed by atoms with van der Waals surface area (Å²) >= 11 is 0. The van der Waals surface area contributed by atoms with Crippen LogP contribution < -0.4 is 14.5 Å². The summed E-state index contributed by atoms with van der Waals surface area (Å²) in [5.41, 5.74) is 3.18. The van der Waals surface area contributed by atoms with Crippen molar-refractivity contribution >= 4 is 17.7 Å². The standard InChI is InChI=1S/C26H29N5O2/c1-29(13-10-20-5-3-2-4-6-20)26-27-12-9-24(28-26)30-14-16-31(17-15-30)25(32)22-7-8-23-21(19-22)11-18-33-23/h2-9,12,19H,10-11,13-18H2,1H3. The Balaban J connectivity index is 1.18. The fraction of sp³-hybridized carbons (Fsp3) is 0.346. The van der Waals surface area contributed by atoms with Gasteiger partial charge in [-0.2, -0.15) is 4.98 Å². The zero-order chi connectivity index (χ0) is 22.6. The molecule has 2 aliphatic heterocycles. The molecule has 1 aromatic heterocycles. The number of carbonyl (C=O) groups is 1. The van der Waals surface area contributed by atoms with Crippen molar-refractivity contribution in [1.29, 1.82) is 0 Å². The number of anilines is 2. The summed E-state index contributed by atoms with van der Waals surface area (Å²) in [5.74, 6) is 2.63. The number of hydrogen-bond donors (Lipinski definition) is 0. The van der Waals surface area contributed by atoms with Gasteiger partial charge in [-0.25, -0.2) is 4.98 Å². The third-order valence-corrected chi connectivity index (χ3v) is 6.38. The molecule has 0 spiro atoms. The quantitative estimate of drug-likeness (QED) is 0.584. The second-order valence-electron chi connectivity index (χ2n) is 8.57. The lowest BCUT2D eigenvalue weighted by molar-refractivity contribution is 0.0746. The Hall–Kier alpha value is -3.61. The second kappa shape index (κ2) is 9.48. The minimum atomic E-state index is 0.0911. The molecule has 1 fully saturated rings. The summed E-state index contributed by atoms with van der Waals surface area (Å²) in [6.45, 7) is 4.41. The minimum absolute atomic E-state index is 0.0911. The van der Waals surface area contributed by atoms with Crippen molar-refractivity contribution < 1.29 is 9.53 Å². The van der Waals surface area contributed by atoms with E-state index < -0.39 is 0 Å². The molecule has 2 aromatic carbocycles. The minimum Gasteiger partial charge on any atom is -0.493 e. The average molecular weight is 444 g/mol. The summed E-state index contributed by atoms with van der Waals surface area (Å²) < 4.78 is 5.56. The highest BCUT2D eigenvalue weighted by Gasteiger charge is 2.24. The molecular formula is C26H29N5O2. The molecule has 0 N–H and O–H groups in total. The number of ether oxygens (including phenoxy) is 1. The van der Waals surface area contributed by atoms with E-state index in [1.165, 1.54) is 5.56 Å². The first kappa shape index (κ1) is 21.2. The van der Waals surface area contributed by atoms with Crippen molar-refractivity contribution in [1.82, 2.24) is 14.9 Å². The van der Waals surface area contributed by atoms with Crippen molar-refractivity contribution in [2.24, 2.45) is 0 Å². The van der Waals surface area contributed by atoms with E-state index in [1.54, 1.807) is 0 Å². The Morgan fingerprint density at radius 2 is 1.88 bits per heavy atom. The third kappa shape index (κ3) is 4.77. The van der Waals surface area contributed by atoms with Gasteiger partial charge in [-0.05, 0) is 41.8 Å². The maximum Gasteiger partial charge on any atom is 0.253 e. The summed E-state index contributed by atoms with van der Waals surface area (Å²) in [4.78, 5) is 28.5. The number of carbonyl (C=O) groups excluding carboxylic acids is 1. The van der Waals surface area contributed by atoms with E-state index in [-0.39, 0.29) is 5.91 Å². The van der Waals surface area contributed by atoms with Gasteiger partial charge >= 0.3 is 0 Å². The molecule has 1 saturated heterocycles. The van der Waals surface area contributed by atoms with E-state index in [0.717, 1.165) is 61.1 Å². The number of fused-ring (bicyclic) bond motifs is 1. The van der Waals surface area contributed by atoms with Crippen LogP contribution in [0.3, 0.4) is 0 Å². The molecule has 0 atom stereocenters. The van der Waals surface area contributed by atoms with Gasteiger partial charge in [-0.15, -0.1) is 0 Å². The van der Waals surface area contributed by atoms with E-state index in [4.69, 9.17) is 9.72 Å². The normalized spacial score (nSPS) is 15.2. The predicted molar refractivity (Wildman–Crippen MR) is 129 cm³/mol. The number of piperazine rings is 1. The van der Waals surface area contributed by atoms with Crippen LogP contribution in [0.25, 0.3) is 0 Å². The van der Waals surface area contributed by atoms with Gasteiger partial charge in [-0.1, -0.05) is 30.3 Å². The Morgan fingerprint density at radius 3 is 2.70 bits per heavy atom. The fourth-order valence-electron chi connectivity index (χ4n) is 4.38. The molecule has 170 valence electrons. The van der Waals surface area contributed by atoms with E-state index in [1.807, 2.05) is 48.5 Å². The number of likely N-dealkylation sites (N-methyl/N-ethyl adjacent to an activating group) is 1. The maximum absolute atomic E-state index is 13.0. The number of nitrogens with zero attached hydrogens (tertiary/aromatic N) is 5. The first-order valence-corrected chi connectivity index (χ1v) is 11.6. The summed E-state index contributed by atoms with van der Waals surface area (Å²) in [5, 5.41) is 0. The van der Waals surface area contributed by atoms with Crippen LogP contribution in [0, 0.1) is 0 Å². The molecular weight excluding hydrogens is 414 g/mol. The van der Waals surface area contributed by atoms with Crippen molar-refractivity contribution in [3.05, 3.63) is 77.5 Å². The SMILES string of the molecule is CN(CCc1ccccc1)c1nccc(N2CCN(C(=O)c3ccc4c(c3)CCO4)CC2)n1. The van der Waals surface area contributed by atoms with Crippen molar-refractivity contribution in [2.45, 2.75) is 12.8 Å². The Bertz CT molecular complexity index is 1110. The van der Waals surface area contributed by atoms with Crippen molar-refractivity contribution in [3.63, 3.8) is 0 Å². The molecule has 0 saturated carbocycles. The molecule has 0 bridgehead atoms. The highest BCUT2D eigenvalue weighted by atomic mass is 16.5. The number of aromatic nitrogens is 2. The van der Waals surface area contributed by atoms with E-state index in [2.05, 4.69) is 39.0 Å². The molecule has 7 heteroatoms. The summed E-state index contributed by atoms with van der Waals surface area (Å²) in [7, 11) is 2.03. The molecule has 3 heterocycles. The lowest BCUT2D eigenvalue weighted by atomic mass is 10.1. The van der Waals surface area contributed by atoms with Crippen LogP contribution in [0.4, 0.5) is 11.8 Å². The average Bonchev–Trinajstić information content (AvgIpc) is 3.36. The van der Waals surface area contributed by atoms with Gasteiger partial charge in [0.15, 0.2) is 0 Å². The molecule has 33 heavy (non-hydrogen) atoms. The van der Waals surface area contributed by atoms with Crippen LogP contribution >= 0.6 is 0 Å². The van der Waals surface area contributed by atoms with Gasteiger partial charge in [0, 0.05) is 58.0 Å². The summed E-state index contributed by atoms with van der Waals surface area (Å²) in [6.07, 6.45) is 3.64. The predicted octanol–water partition coefficient (Wildman–Crippen LogP) is 3.05. The van der Waals surface area contributed by atoms with Crippen LogP contribution in [-0.2, 0) is 12.8 Å². The zero-order valence-electron chi connectivity index (χ0n) is 19.0. The number of hydrogen-bond acceptors (Lipinski definition) is 6. The van der Waals surface area contributed by atoms with Crippen LogP contribution in [0.15, 0.2) is 60.8 Å². The molecule has 0 aliphatic carbocycles. The molecule has 3 aromatic rings. The van der Waals surface area contributed by atoms with Crippen LogP contribution in [-0.4, -0.2) is 67.2 Å². The molecule has 2 aliphatic rings. The van der Waals surface area contributed by atoms with Crippen LogP contribution in [0.5, 0.6) is 5.75 Å². The lowest BCUT2D eigenvalue weighted by Crippen LogP contribution is -2.49. The highest BCUT2D eigenvalue weighted by molar-refractivity contribution is 5.94. The smallest absolute Gasteiger partial charge is 0.253 e. The molecule has 5 rings (SSSR count). The first-order valence-electron chi connectivity index (χ1n) is 11.6. The summed E-state index contributed by atoms with van der Waals surface area (Å²) in [6, 6.07) is 18.2. The number of amides is 1. The van der Waals surface area contributed by atoms with Crippen molar-refractivity contribution in [2.75, 3.05) is 56.2 Å². The zero-order valence-corrected chi connectivity index (χ0v) is 19.0. The van der Waals surface area contributed by atoms with E-state index in [9.17, 15) is 4.79 Å². The molecule has 1 amide bonds. The second-order valence-corrected chi connectivity index (χ2v) is 8.57. The highest BCUT2D eigenvalue weighted by Crippen LogP contribution is 2.26. The maximum atomic E-state index is 13.0. The van der Waals surface area contributed by atoms with Crippen LogP contribution in [0.1, 0.15) is 21.5 Å².